The van der Waals surface area contributed by atoms with Crippen molar-refractivity contribution in [1.82, 2.24) is 4.72 Å². The lowest BCUT2D eigenvalue weighted by molar-refractivity contribution is -0.142. The number of nitrogens with one attached hydrogen (secondary N) is 1. The smallest absolute Gasteiger partial charge is 0.306 e. The highest BCUT2D eigenvalue weighted by Gasteiger charge is 2.28. The van der Waals surface area contributed by atoms with Crippen LogP contribution >= 0.6 is 0 Å². The van der Waals surface area contributed by atoms with Gasteiger partial charge in [0.15, 0.2) is 4.90 Å². The molecule has 0 radical (unpaired) electrons. The van der Waals surface area contributed by atoms with Gasteiger partial charge >= 0.3 is 5.97 Å². The SMILES string of the molecule is CCOc1ccc([S+]([O-])N[C@H]2CC[C@H](C(=O)O)CC2)cc1C. The summed E-state index contributed by atoms with van der Waals surface area (Å²) in [4.78, 5) is 11.7. The Morgan fingerprint density at radius 2 is 2.09 bits per heavy atom. The molecule has 0 spiro atoms. The second kappa shape index (κ2) is 7.85. The summed E-state index contributed by atoms with van der Waals surface area (Å²) in [7, 11) is 0. The number of rotatable bonds is 6. The van der Waals surface area contributed by atoms with E-state index in [1.54, 1.807) is 0 Å². The lowest BCUT2D eigenvalue weighted by atomic mass is 9.87. The molecule has 5 nitrogen and oxygen atoms in total. The van der Waals surface area contributed by atoms with E-state index in [2.05, 4.69) is 4.72 Å². The Bertz CT molecular complexity index is 515. The van der Waals surface area contributed by atoms with Gasteiger partial charge in [-0.05, 0) is 57.2 Å². The van der Waals surface area contributed by atoms with Gasteiger partial charge in [0, 0.05) is 6.07 Å². The van der Waals surface area contributed by atoms with Crippen LogP contribution in [0.25, 0.3) is 0 Å². The van der Waals surface area contributed by atoms with Crippen molar-refractivity contribution in [3.8, 4) is 5.75 Å². The first-order chi connectivity index (χ1) is 10.5. The number of hydrogen-bond donors (Lipinski definition) is 2. The average Bonchev–Trinajstić information content (AvgIpc) is 2.50. The summed E-state index contributed by atoms with van der Waals surface area (Å²) in [5, 5.41) is 8.99. The molecule has 6 heteroatoms. The summed E-state index contributed by atoms with van der Waals surface area (Å²) in [5.41, 5.74) is 0.962. The van der Waals surface area contributed by atoms with Crippen LogP contribution in [0.15, 0.2) is 23.1 Å². The monoisotopic (exact) mass is 325 g/mol. The van der Waals surface area contributed by atoms with E-state index in [4.69, 9.17) is 9.84 Å². The second-order valence-electron chi connectivity index (χ2n) is 5.63. The van der Waals surface area contributed by atoms with E-state index in [1.807, 2.05) is 32.0 Å². The molecule has 1 atom stereocenters. The molecule has 1 aromatic carbocycles. The Balaban J connectivity index is 1.91. The van der Waals surface area contributed by atoms with Gasteiger partial charge in [-0.2, -0.15) is 0 Å². The van der Waals surface area contributed by atoms with E-state index in [1.165, 1.54) is 0 Å². The van der Waals surface area contributed by atoms with Crippen LogP contribution < -0.4 is 9.46 Å². The van der Waals surface area contributed by atoms with Crippen LogP contribution in [-0.4, -0.2) is 28.3 Å². The summed E-state index contributed by atoms with van der Waals surface area (Å²) in [5.74, 6) is -0.161. The van der Waals surface area contributed by atoms with Crippen molar-refractivity contribution in [2.24, 2.45) is 5.92 Å². The third-order valence-corrected chi connectivity index (χ3v) is 5.24. The molecule has 2 rings (SSSR count). The zero-order valence-electron chi connectivity index (χ0n) is 13.0. The van der Waals surface area contributed by atoms with Crippen molar-refractivity contribution in [3.05, 3.63) is 23.8 Å². The van der Waals surface area contributed by atoms with Gasteiger partial charge < -0.3 is 14.4 Å². The standard InChI is InChI=1S/C16H23NO4S/c1-3-21-15-9-8-14(10-11(15)2)22(20)17-13-6-4-12(5-7-13)16(18)19/h8-10,12-13,17H,3-7H2,1-2H3,(H,18,19)/t12-,13-,22?. The fraction of sp³-hybridized carbons (Fsp3) is 0.562. The molecule has 0 aliphatic heterocycles. The van der Waals surface area contributed by atoms with Gasteiger partial charge in [-0.1, -0.05) is 0 Å². The third kappa shape index (κ3) is 4.38. The van der Waals surface area contributed by atoms with Gasteiger partial charge in [-0.15, -0.1) is 4.72 Å². The van der Waals surface area contributed by atoms with E-state index in [9.17, 15) is 9.35 Å². The average molecular weight is 325 g/mol. The van der Waals surface area contributed by atoms with Crippen LogP contribution in [0.1, 0.15) is 38.2 Å². The lowest BCUT2D eigenvalue weighted by Gasteiger charge is -2.26. The normalized spacial score (nSPS) is 23.0. The van der Waals surface area contributed by atoms with Crippen molar-refractivity contribution in [1.29, 1.82) is 0 Å². The minimum absolute atomic E-state index is 0.114. The van der Waals surface area contributed by atoms with E-state index in [-0.39, 0.29) is 12.0 Å². The Labute approximate surface area is 134 Å². The minimum Gasteiger partial charge on any atom is -0.593 e. The fourth-order valence-corrected chi connectivity index (χ4v) is 3.88. The summed E-state index contributed by atoms with van der Waals surface area (Å²) in [6.07, 6.45) is 2.79. The molecule has 1 saturated carbocycles. The highest BCUT2D eigenvalue weighted by Crippen LogP contribution is 2.26. The number of aryl methyl sites for hydroxylation is 1. The molecule has 122 valence electrons. The van der Waals surface area contributed by atoms with Gasteiger partial charge in [0.05, 0.1) is 29.9 Å². The van der Waals surface area contributed by atoms with Crippen LogP contribution in [0, 0.1) is 12.8 Å². The maximum absolute atomic E-state index is 12.4. The summed E-state index contributed by atoms with van der Waals surface area (Å²) in [6.45, 7) is 4.47. The molecular weight excluding hydrogens is 302 g/mol. The molecular formula is C16H23NO4S. The van der Waals surface area contributed by atoms with Gasteiger partial charge in [0.25, 0.3) is 0 Å². The molecule has 1 fully saturated rings. The number of benzene rings is 1. The van der Waals surface area contributed by atoms with Crippen LogP contribution in [0.5, 0.6) is 5.75 Å². The predicted octanol–water partition coefficient (Wildman–Crippen LogP) is 2.65. The predicted molar refractivity (Wildman–Crippen MR) is 85.3 cm³/mol. The summed E-state index contributed by atoms with van der Waals surface area (Å²) in [6, 6.07) is 5.64. The molecule has 1 aliphatic carbocycles. The van der Waals surface area contributed by atoms with Crippen molar-refractivity contribution >= 4 is 17.3 Å². The summed E-state index contributed by atoms with van der Waals surface area (Å²) < 4.78 is 21.0. The maximum Gasteiger partial charge on any atom is 0.306 e. The Hall–Kier alpha value is -1.24. The van der Waals surface area contributed by atoms with Gasteiger partial charge in [0.1, 0.15) is 5.75 Å². The van der Waals surface area contributed by atoms with E-state index < -0.39 is 17.3 Å². The molecule has 0 aromatic heterocycles. The molecule has 2 N–H and O–H groups in total. The molecule has 1 unspecified atom stereocenters. The van der Waals surface area contributed by atoms with Gasteiger partial charge in [0.2, 0.25) is 0 Å². The molecule has 0 bridgehead atoms. The Morgan fingerprint density at radius 3 is 2.64 bits per heavy atom. The van der Waals surface area contributed by atoms with Crippen molar-refractivity contribution in [2.75, 3.05) is 6.61 Å². The number of hydrogen-bond acceptors (Lipinski definition) is 4. The van der Waals surface area contributed by atoms with Crippen LogP contribution in [0.2, 0.25) is 0 Å². The first-order valence-corrected chi connectivity index (χ1v) is 8.80. The quantitative estimate of drug-likeness (QED) is 0.786. The molecule has 0 amide bonds. The van der Waals surface area contributed by atoms with Crippen molar-refractivity contribution < 1.29 is 19.2 Å². The number of ether oxygens (including phenoxy) is 1. The van der Waals surface area contributed by atoms with Crippen molar-refractivity contribution in [2.45, 2.75) is 50.5 Å². The second-order valence-corrected chi connectivity index (χ2v) is 6.88. The molecule has 22 heavy (non-hydrogen) atoms. The van der Waals surface area contributed by atoms with E-state index in [0.29, 0.717) is 19.4 Å². The molecule has 1 aromatic rings. The molecule has 0 saturated heterocycles. The number of carboxylic acid groups (broad SMARTS) is 1. The highest BCUT2D eigenvalue weighted by atomic mass is 32.2. The topological polar surface area (TPSA) is 81.6 Å². The minimum atomic E-state index is -1.28. The fourth-order valence-electron chi connectivity index (χ4n) is 2.73. The van der Waals surface area contributed by atoms with Gasteiger partial charge in [-0.3, -0.25) is 4.79 Å². The molecule has 1 aliphatic rings. The first kappa shape index (κ1) is 17.1. The van der Waals surface area contributed by atoms with Crippen molar-refractivity contribution in [3.63, 3.8) is 0 Å². The highest BCUT2D eigenvalue weighted by molar-refractivity contribution is 7.89. The van der Waals surface area contributed by atoms with E-state index >= 15 is 0 Å². The van der Waals surface area contributed by atoms with Crippen LogP contribution in [-0.2, 0) is 16.2 Å². The molecule has 0 heterocycles. The van der Waals surface area contributed by atoms with Crippen LogP contribution in [0.3, 0.4) is 0 Å². The zero-order valence-corrected chi connectivity index (χ0v) is 13.8. The lowest BCUT2D eigenvalue weighted by Crippen LogP contribution is -2.38. The maximum atomic E-state index is 12.4. The third-order valence-electron chi connectivity index (χ3n) is 4.01. The largest absolute Gasteiger partial charge is 0.593 e. The Morgan fingerprint density at radius 1 is 1.41 bits per heavy atom. The zero-order chi connectivity index (χ0) is 16.1. The number of carboxylic acids is 1. The van der Waals surface area contributed by atoms with Gasteiger partial charge in [-0.25, -0.2) is 0 Å². The summed E-state index contributed by atoms with van der Waals surface area (Å²) >= 11 is -1.28. The van der Waals surface area contributed by atoms with E-state index in [0.717, 1.165) is 29.1 Å². The number of aliphatic carboxylic acids is 1. The number of carbonyl (C=O) groups is 1. The Kier molecular flexibility index (Phi) is 6.11. The first-order valence-electron chi connectivity index (χ1n) is 7.65. The van der Waals surface area contributed by atoms with Crippen LogP contribution in [0.4, 0.5) is 0 Å².